The summed E-state index contributed by atoms with van der Waals surface area (Å²) in [6, 6.07) is 9.58. The molecule has 1 atom stereocenters. The molecule has 0 amide bonds. The second-order valence-corrected chi connectivity index (χ2v) is 6.06. The van der Waals surface area contributed by atoms with Gasteiger partial charge in [-0.25, -0.2) is 0 Å². The van der Waals surface area contributed by atoms with Crippen molar-refractivity contribution in [1.82, 2.24) is 19.7 Å². The Labute approximate surface area is 126 Å². The third-order valence-electron chi connectivity index (χ3n) is 4.15. The SMILES string of the molecule is CC(C)N1CCC(Nc2cccc(-c3nncn3C)c2)C1. The molecular formula is C16H23N5. The molecule has 0 bridgehead atoms. The van der Waals surface area contributed by atoms with Gasteiger partial charge in [-0.15, -0.1) is 10.2 Å². The summed E-state index contributed by atoms with van der Waals surface area (Å²) in [5, 5.41) is 11.8. The molecule has 5 nitrogen and oxygen atoms in total. The summed E-state index contributed by atoms with van der Waals surface area (Å²) in [7, 11) is 1.97. The summed E-state index contributed by atoms with van der Waals surface area (Å²) in [6.45, 7) is 6.82. The molecule has 2 heterocycles. The van der Waals surface area contributed by atoms with Crippen LogP contribution in [0.5, 0.6) is 0 Å². The van der Waals surface area contributed by atoms with Crippen LogP contribution in [0.4, 0.5) is 5.69 Å². The summed E-state index contributed by atoms with van der Waals surface area (Å²) in [4.78, 5) is 2.52. The lowest BCUT2D eigenvalue weighted by Gasteiger charge is -2.21. The fourth-order valence-electron chi connectivity index (χ4n) is 2.90. The Hall–Kier alpha value is -1.88. The van der Waals surface area contributed by atoms with Crippen molar-refractivity contribution in [2.24, 2.45) is 7.05 Å². The van der Waals surface area contributed by atoms with Gasteiger partial charge < -0.3 is 9.88 Å². The largest absolute Gasteiger partial charge is 0.381 e. The summed E-state index contributed by atoms with van der Waals surface area (Å²) >= 11 is 0. The molecule has 0 radical (unpaired) electrons. The lowest BCUT2D eigenvalue weighted by molar-refractivity contribution is 0.274. The van der Waals surface area contributed by atoms with Crippen molar-refractivity contribution in [3.05, 3.63) is 30.6 Å². The predicted octanol–water partition coefficient (Wildman–Crippen LogP) is 2.38. The summed E-state index contributed by atoms with van der Waals surface area (Å²) < 4.78 is 1.94. The molecule has 0 saturated carbocycles. The Morgan fingerprint density at radius 3 is 2.86 bits per heavy atom. The molecule has 1 unspecified atom stereocenters. The number of hydrogen-bond donors (Lipinski definition) is 1. The molecule has 1 aromatic carbocycles. The Kier molecular flexibility index (Phi) is 3.92. The predicted molar refractivity (Wildman–Crippen MR) is 85.2 cm³/mol. The number of hydrogen-bond acceptors (Lipinski definition) is 4. The molecule has 2 aromatic rings. The zero-order valence-electron chi connectivity index (χ0n) is 13.0. The monoisotopic (exact) mass is 285 g/mol. The maximum absolute atomic E-state index is 4.17. The number of aryl methyl sites for hydroxylation is 1. The van der Waals surface area contributed by atoms with E-state index in [1.54, 1.807) is 6.33 Å². The quantitative estimate of drug-likeness (QED) is 0.937. The van der Waals surface area contributed by atoms with Gasteiger partial charge in [0, 0.05) is 43.5 Å². The van der Waals surface area contributed by atoms with Crippen molar-refractivity contribution < 1.29 is 0 Å². The summed E-state index contributed by atoms with van der Waals surface area (Å²) in [6.07, 6.45) is 2.93. The molecule has 0 spiro atoms. The first-order chi connectivity index (χ1) is 10.1. The third kappa shape index (κ3) is 3.08. The van der Waals surface area contributed by atoms with Gasteiger partial charge in [-0.05, 0) is 32.4 Å². The molecule has 1 aliphatic heterocycles. The van der Waals surface area contributed by atoms with Crippen molar-refractivity contribution in [2.75, 3.05) is 18.4 Å². The van der Waals surface area contributed by atoms with E-state index < -0.39 is 0 Å². The van der Waals surface area contributed by atoms with Gasteiger partial charge in [0.2, 0.25) is 0 Å². The van der Waals surface area contributed by atoms with Crippen molar-refractivity contribution in [3.63, 3.8) is 0 Å². The number of likely N-dealkylation sites (tertiary alicyclic amines) is 1. The van der Waals surface area contributed by atoms with Gasteiger partial charge in [0.05, 0.1) is 0 Å². The van der Waals surface area contributed by atoms with E-state index in [0.29, 0.717) is 12.1 Å². The van der Waals surface area contributed by atoms with Crippen LogP contribution in [0, 0.1) is 0 Å². The third-order valence-corrected chi connectivity index (χ3v) is 4.15. The number of anilines is 1. The van der Waals surface area contributed by atoms with E-state index in [0.717, 1.165) is 23.6 Å². The average Bonchev–Trinajstić information content (AvgIpc) is 3.08. The molecule has 1 aromatic heterocycles. The maximum atomic E-state index is 4.17. The van der Waals surface area contributed by atoms with Gasteiger partial charge in [0.15, 0.2) is 5.82 Å². The number of nitrogens with zero attached hydrogens (tertiary/aromatic N) is 4. The highest BCUT2D eigenvalue weighted by molar-refractivity contribution is 5.62. The van der Waals surface area contributed by atoms with Crippen LogP contribution in [0.15, 0.2) is 30.6 Å². The van der Waals surface area contributed by atoms with Crippen LogP contribution in [0.1, 0.15) is 20.3 Å². The second kappa shape index (κ2) is 5.85. The van der Waals surface area contributed by atoms with Crippen LogP contribution in [0.3, 0.4) is 0 Å². The number of benzene rings is 1. The van der Waals surface area contributed by atoms with E-state index in [1.165, 1.54) is 13.0 Å². The molecule has 1 fully saturated rings. The first-order valence-corrected chi connectivity index (χ1v) is 7.58. The molecule has 21 heavy (non-hydrogen) atoms. The zero-order chi connectivity index (χ0) is 14.8. The van der Waals surface area contributed by atoms with Crippen LogP contribution in [-0.4, -0.2) is 44.8 Å². The van der Waals surface area contributed by atoms with Crippen LogP contribution in [0.2, 0.25) is 0 Å². The Bertz CT molecular complexity index is 604. The van der Waals surface area contributed by atoms with Crippen LogP contribution in [0.25, 0.3) is 11.4 Å². The van der Waals surface area contributed by atoms with Crippen molar-refractivity contribution in [1.29, 1.82) is 0 Å². The fraction of sp³-hybridized carbons (Fsp3) is 0.500. The van der Waals surface area contributed by atoms with Gasteiger partial charge in [0.1, 0.15) is 6.33 Å². The summed E-state index contributed by atoms with van der Waals surface area (Å²) in [5.41, 5.74) is 2.25. The van der Waals surface area contributed by atoms with Gasteiger partial charge >= 0.3 is 0 Å². The van der Waals surface area contributed by atoms with E-state index in [-0.39, 0.29) is 0 Å². The van der Waals surface area contributed by atoms with Crippen LogP contribution in [-0.2, 0) is 7.05 Å². The molecule has 0 aliphatic carbocycles. The Morgan fingerprint density at radius 2 is 2.19 bits per heavy atom. The van der Waals surface area contributed by atoms with E-state index in [9.17, 15) is 0 Å². The van der Waals surface area contributed by atoms with Crippen molar-refractivity contribution in [2.45, 2.75) is 32.4 Å². The van der Waals surface area contributed by atoms with Crippen LogP contribution >= 0.6 is 0 Å². The van der Waals surface area contributed by atoms with E-state index in [2.05, 4.69) is 58.5 Å². The number of aromatic nitrogens is 3. The van der Waals surface area contributed by atoms with E-state index >= 15 is 0 Å². The zero-order valence-corrected chi connectivity index (χ0v) is 13.0. The number of rotatable bonds is 4. The molecule has 1 saturated heterocycles. The first kappa shape index (κ1) is 14.1. The normalized spacial score (nSPS) is 19.3. The highest BCUT2D eigenvalue weighted by Gasteiger charge is 2.23. The minimum atomic E-state index is 0.530. The summed E-state index contributed by atoms with van der Waals surface area (Å²) in [5.74, 6) is 0.897. The highest BCUT2D eigenvalue weighted by Crippen LogP contribution is 2.22. The van der Waals surface area contributed by atoms with Gasteiger partial charge in [0.25, 0.3) is 0 Å². The van der Waals surface area contributed by atoms with Gasteiger partial charge in [-0.2, -0.15) is 0 Å². The van der Waals surface area contributed by atoms with Crippen LogP contribution < -0.4 is 5.32 Å². The molecule has 3 rings (SSSR count). The lowest BCUT2D eigenvalue weighted by Crippen LogP contribution is -2.31. The minimum Gasteiger partial charge on any atom is -0.381 e. The van der Waals surface area contributed by atoms with Gasteiger partial charge in [-0.1, -0.05) is 12.1 Å². The molecule has 1 aliphatic rings. The van der Waals surface area contributed by atoms with Crippen molar-refractivity contribution >= 4 is 5.69 Å². The Morgan fingerprint density at radius 1 is 1.33 bits per heavy atom. The molecular weight excluding hydrogens is 262 g/mol. The number of nitrogens with one attached hydrogen (secondary N) is 1. The topological polar surface area (TPSA) is 46.0 Å². The van der Waals surface area contributed by atoms with Gasteiger partial charge in [-0.3, -0.25) is 4.90 Å². The smallest absolute Gasteiger partial charge is 0.163 e. The minimum absolute atomic E-state index is 0.530. The van der Waals surface area contributed by atoms with Crippen molar-refractivity contribution in [3.8, 4) is 11.4 Å². The second-order valence-electron chi connectivity index (χ2n) is 6.06. The maximum Gasteiger partial charge on any atom is 0.163 e. The average molecular weight is 285 g/mol. The highest BCUT2D eigenvalue weighted by atomic mass is 15.2. The molecule has 5 heteroatoms. The lowest BCUT2D eigenvalue weighted by atomic mass is 10.1. The molecule has 1 N–H and O–H groups in total. The standard InChI is InChI=1S/C16H23N5/c1-12(2)21-8-7-15(10-21)18-14-6-4-5-13(9-14)16-19-17-11-20(16)3/h4-6,9,11-12,15,18H,7-8,10H2,1-3H3. The van der Waals surface area contributed by atoms with E-state index in [1.807, 2.05) is 11.6 Å². The first-order valence-electron chi connectivity index (χ1n) is 7.58. The Balaban J connectivity index is 1.71. The van der Waals surface area contributed by atoms with E-state index in [4.69, 9.17) is 0 Å². The fourth-order valence-corrected chi connectivity index (χ4v) is 2.90. The molecule has 112 valence electrons.